The fourth-order valence-corrected chi connectivity index (χ4v) is 2.90. The summed E-state index contributed by atoms with van der Waals surface area (Å²) in [7, 11) is 0. The lowest BCUT2D eigenvalue weighted by Crippen LogP contribution is -2.36. The Morgan fingerprint density at radius 3 is 2.89 bits per heavy atom. The summed E-state index contributed by atoms with van der Waals surface area (Å²) in [4.78, 5) is 2.26. The Bertz CT molecular complexity index is 490. The molecule has 0 aromatic heterocycles. The van der Waals surface area contributed by atoms with Crippen LogP contribution in [0.1, 0.15) is 38.7 Å². The molecule has 3 N–H and O–H groups in total. The van der Waals surface area contributed by atoms with Gasteiger partial charge in [0.15, 0.2) is 5.84 Å². The number of nitrogens with zero attached hydrogens (tertiary/aromatic N) is 2. The molecule has 1 aliphatic heterocycles. The van der Waals surface area contributed by atoms with Gasteiger partial charge in [-0.3, -0.25) is 0 Å². The quantitative estimate of drug-likeness (QED) is 0.382. The molecule has 0 spiro atoms. The van der Waals surface area contributed by atoms with Crippen LogP contribution in [-0.2, 0) is 0 Å². The maximum absolute atomic E-state index is 13.4. The van der Waals surface area contributed by atoms with E-state index in [9.17, 15) is 4.39 Å². The summed E-state index contributed by atoms with van der Waals surface area (Å²) in [6, 6.07) is 5.25. The zero-order chi connectivity index (χ0) is 14.0. The van der Waals surface area contributed by atoms with Crippen LogP contribution in [0.4, 0.5) is 10.1 Å². The average molecular weight is 265 g/mol. The highest BCUT2D eigenvalue weighted by molar-refractivity contribution is 6.02. The third-order valence-corrected chi connectivity index (χ3v) is 3.88. The molecule has 1 aromatic carbocycles. The Kier molecular flexibility index (Phi) is 3.93. The molecule has 2 unspecified atom stereocenters. The highest BCUT2D eigenvalue weighted by atomic mass is 19.1. The third-order valence-electron chi connectivity index (χ3n) is 3.88. The number of rotatable bonds is 3. The molecule has 2 atom stereocenters. The maximum Gasteiger partial charge on any atom is 0.172 e. The SMILES string of the molecule is CCC1CCC(C)N1c1ccc(F)cc1/C(N)=N/O. The van der Waals surface area contributed by atoms with Crippen LogP contribution in [-0.4, -0.2) is 23.1 Å². The van der Waals surface area contributed by atoms with Crippen molar-refractivity contribution < 1.29 is 9.60 Å². The predicted molar refractivity (Wildman–Crippen MR) is 74.2 cm³/mol. The van der Waals surface area contributed by atoms with Crippen LogP contribution in [0.5, 0.6) is 0 Å². The van der Waals surface area contributed by atoms with Gasteiger partial charge in [-0.25, -0.2) is 4.39 Å². The molecule has 0 saturated carbocycles. The molecule has 4 nitrogen and oxygen atoms in total. The Labute approximate surface area is 112 Å². The molecule has 1 aromatic rings. The second kappa shape index (κ2) is 5.47. The van der Waals surface area contributed by atoms with Crippen molar-refractivity contribution in [1.29, 1.82) is 0 Å². The first-order valence-electron chi connectivity index (χ1n) is 6.64. The van der Waals surface area contributed by atoms with Gasteiger partial charge in [0, 0.05) is 23.3 Å². The van der Waals surface area contributed by atoms with Crippen molar-refractivity contribution in [2.24, 2.45) is 10.9 Å². The summed E-state index contributed by atoms with van der Waals surface area (Å²) in [5.74, 6) is -0.436. The van der Waals surface area contributed by atoms with Crippen LogP contribution in [0.3, 0.4) is 0 Å². The van der Waals surface area contributed by atoms with Gasteiger partial charge in [0.05, 0.1) is 0 Å². The van der Waals surface area contributed by atoms with Crippen LogP contribution in [0, 0.1) is 5.82 Å². The van der Waals surface area contributed by atoms with E-state index in [2.05, 4.69) is 23.9 Å². The molecular weight excluding hydrogens is 245 g/mol. The first kappa shape index (κ1) is 13.6. The second-order valence-corrected chi connectivity index (χ2v) is 5.04. The predicted octanol–water partition coefficient (Wildman–Crippen LogP) is 2.69. The van der Waals surface area contributed by atoms with E-state index in [1.165, 1.54) is 12.1 Å². The Morgan fingerprint density at radius 2 is 2.26 bits per heavy atom. The summed E-state index contributed by atoms with van der Waals surface area (Å²) < 4.78 is 13.4. The molecule has 2 rings (SSSR count). The standard InChI is InChI=1S/C14H20FN3O/c1-3-11-6-4-9(2)18(11)13-7-5-10(15)8-12(13)14(16)17-19/h5,7-9,11,19H,3-4,6H2,1-2H3,(H2,16,17). The lowest BCUT2D eigenvalue weighted by Gasteiger charge is -2.32. The van der Waals surface area contributed by atoms with E-state index in [0.717, 1.165) is 24.9 Å². The Hall–Kier alpha value is -1.78. The van der Waals surface area contributed by atoms with E-state index in [1.54, 1.807) is 6.07 Å². The molecule has 104 valence electrons. The van der Waals surface area contributed by atoms with Crippen molar-refractivity contribution in [3.05, 3.63) is 29.6 Å². The lowest BCUT2D eigenvalue weighted by molar-refractivity contribution is 0.318. The molecule has 19 heavy (non-hydrogen) atoms. The average Bonchev–Trinajstić information content (AvgIpc) is 2.79. The summed E-state index contributed by atoms with van der Waals surface area (Å²) in [6.45, 7) is 4.29. The number of halogens is 1. The van der Waals surface area contributed by atoms with Gasteiger partial charge >= 0.3 is 0 Å². The Balaban J connectivity index is 2.49. The van der Waals surface area contributed by atoms with Crippen LogP contribution in [0.15, 0.2) is 23.4 Å². The number of benzene rings is 1. The summed E-state index contributed by atoms with van der Waals surface area (Å²) in [5.41, 5.74) is 6.97. The highest BCUT2D eigenvalue weighted by Gasteiger charge is 2.31. The largest absolute Gasteiger partial charge is 0.409 e. The van der Waals surface area contributed by atoms with Crippen molar-refractivity contribution >= 4 is 11.5 Å². The molecule has 1 saturated heterocycles. The van der Waals surface area contributed by atoms with E-state index in [0.29, 0.717) is 17.6 Å². The Morgan fingerprint density at radius 1 is 1.53 bits per heavy atom. The summed E-state index contributed by atoms with van der Waals surface area (Å²) in [6.07, 6.45) is 3.24. The highest BCUT2D eigenvalue weighted by Crippen LogP contribution is 2.34. The van der Waals surface area contributed by atoms with Crippen molar-refractivity contribution in [2.45, 2.75) is 45.2 Å². The van der Waals surface area contributed by atoms with Crippen LogP contribution < -0.4 is 10.6 Å². The van der Waals surface area contributed by atoms with Crippen LogP contribution >= 0.6 is 0 Å². The number of hydrogen-bond acceptors (Lipinski definition) is 3. The zero-order valence-electron chi connectivity index (χ0n) is 11.3. The minimum atomic E-state index is -0.384. The third kappa shape index (κ3) is 2.50. The van der Waals surface area contributed by atoms with Gasteiger partial charge in [-0.05, 0) is 44.4 Å². The topological polar surface area (TPSA) is 61.8 Å². The second-order valence-electron chi connectivity index (χ2n) is 5.04. The molecule has 1 heterocycles. The number of anilines is 1. The number of amidine groups is 1. The van der Waals surface area contributed by atoms with E-state index < -0.39 is 0 Å². The molecule has 0 radical (unpaired) electrons. The maximum atomic E-state index is 13.4. The minimum absolute atomic E-state index is 0.0524. The van der Waals surface area contributed by atoms with Crippen LogP contribution in [0.2, 0.25) is 0 Å². The van der Waals surface area contributed by atoms with E-state index in [1.807, 2.05) is 0 Å². The van der Waals surface area contributed by atoms with Crippen molar-refractivity contribution in [2.75, 3.05) is 4.90 Å². The molecule has 5 heteroatoms. The number of oxime groups is 1. The van der Waals surface area contributed by atoms with Crippen molar-refractivity contribution in [3.63, 3.8) is 0 Å². The monoisotopic (exact) mass is 265 g/mol. The van der Waals surface area contributed by atoms with Gasteiger partial charge in [-0.2, -0.15) is 0 Å². The fraction of sp³-hybridized carbons (Fsp3) is 0.500. The van der Waals surface area contributed by atoms with E-state index >= 15 is 0 Å². The van der Waals surface area contributed by atoms with Crippen molar-refractivity contribution in [1.82, 2.24) is 0 Å². The molecule has 1 aliphatic rings. The van der Waals surface area contributed by atoms with E-state index in [4.69, 9.17) is 10.9 Å². The van der Waals surface area contributed by atoms with Gasteiger partial charge < -0.3 is 15.8 Å². The molecule has 0 aliphatic carbocycles. The lowest BCUT2D eigenvalue weighted by atomic mass is 10.1. The van der Waals surface area contributed by atoms with Gasteiger partial charge in [0.25, 0.3) is 0 Å². The van der Waals surface area contributed by atoms with Gasteiger partial charge in [-0.1, -0.05) is 12.1 Å². The zero-order valence-corrected chi connectivity index (χ0v) is 11.3. The smallest absolute Gasteiger partial charge is 0.172 e. The number of nitrogens with two attached hydrogens (primary N) is 1. The van der Waals surface area contributed by atoms with Crippen LogP contribution in [0.25, 0.3) is 0 Å². The molecule has 1 fully saturated rings. The normalized spacial score (nSPS) is 23.9. The van der Waals surface area contributed by atoms with Gasteiger partial charge in [0.1, 0.15) is 5.82 Å². The fourth-order valence-electron chi connectivity index (χ4n) is 2.90. The number of hydrogen-bond donors (Lipinski definition) is 2. The first-order valence-corrected chi connectivity index (χ1v) is 6.64. The van der Waals surface area contributed by atoms with Gasteiger partial charge in [0.2, 0.25) is 0 Å². The van der Waals surface area contributed by atoms with Crippen molar-refractivity contribution in [3.8, 4) is 0 Å². The minimum Gasteiger partial charge on any atom is -0.409 e. The van der Waals surface area contributed by atoms with Gasteiger partial charge in [-0.15, -0.1) is 0 Å². The first-order chi connectivity index (χ1) is 9.08. The molecular formula is C14H20FN3O. The summed E-state index contributed by atoms with van der Waals surface area (Å²) >= 11 is 0. The molecule has 0 bridgehead atoms. The summed E-state index contributed by atoms with van der Waals surface area (Å²) in [5, 5.41) is 11.9. The molecule has 0 amide bonds. The van der Waals surface area contributed by atoms with E-state index in [-0.39, 0.29) is 11.7 Å².